The lowest BCUT2D eigenvalue weighted by atomic mass is 10.1. The van der Waals surface area contributed by atoms with E-state index in [1.165, 1.54) is 0 Å². The zero-order valence-electron chi connectivity index (χ0n) is 11.7. The van der Waals surface area contributed by atoms with Gasteiger partial charge in [-0.25, -0.2) is 0 Å². The Morgan fingerprint density at radius 2 is 1.75 bits per heavy atom. The van der Waals surface area contributed by atoms with Gasteiger partial charge in [0.2, 0.25) is 0 Å². The molecule has 2 nitrogen and oxygen atoms in total. The Bertz CT molecular complexity index is 513. The van der Waals surface area contributed by atoms with Crippen LogP contribution in [0.3, 0.4) is 0 Å². The largest absolute Gasteiger partial charge is 0.494 e. The van der Waals surface area contributed by atoms with E-state index in [4.69, 9.17) is 16.3 Å². The summed E-state index contributed by atoms with van der Waals surface area (Å²) in [6, 6.07) is 18.0. The van der Waals surface area contributed by atoms with Crippen molar-refractivity contribution in [3.63, 3.8) is 0 Å². The lowest BCUT2D eigenvalue weighted by Gasteiger charge is -2.13. The molecule has 0 aromatic heterocycles. The van der Waals surface area contributed by atoms with E-state index in [-0.39, 0.29) is 5.38 Å². The predicted molar refractivity (Wildman–Crippen MR) is 85.8 cm³/mol. The van der Waals surface area contributed by atoms with Crippen LogP contribution in [0.4, 0.5) is 5.69 Å². The first-order chi connectivity index (χ1) is 9.77. The van der Waals surface area contributed by atoms with Crippen molar-refractivity contribution in [1.82, 2.24) is 0 Å². The van der Waals surface area contributed by atoms with Crippen molar-refractivity contribution >= 4 is 17.3 Å². The fourth-order valence-electron chi connectivity index (χ4n) is 2.01. The van der Waals surface area contributed by atoms with E-state index in [1.54, 1.807) is 0 Å². The number of hydrogen-bond acceptors (Lipinski definition) is 2. The second kappa shape index (κ2) is 7.81. The number of benzene rings is 2. The maximum Gasteiger partial charge on any atom is 0.119 e. The molecule has 3 heteroatoms. The summed E-state index contributed by atoms with van der Waals surface area (Å²) >= 11 is 6.16. The van der Waals surface area contributed by atoms with Crippen LogP contribution in [-0.2, 0) is 0 Å². The van der Waals surface area contributed by atoms with E-state index in [0.717, 1.165) is 30.0 Å². The van der Waals surface area contributed by atoms with Crippen LogP contribution < -0.4 is 10.1 Å². The minimum atomic E-state index is 0.0132. The maximum absolute atomic E-state index is 6.16. The van der Waals surface area contributed by atoms with Crippen molar-refractivity contribution in [3.05, 3.63) is 60.2 Å². The van der Waals surface area contributed by atoms with Gasteiger partial charge in [-0.3, -0.25) is 0 Å². The highest BCUT2D eigenvalue weighted by Gasteiger charge is 2.06. The number of halogens is 1. The Kier molecular flexibility index (Phi) is 5.75. The first-order valence-electron chi connectivity index (χ1n) is 6.92. The Balaban J connectivity index is 1.74. The molecular weight excluding hydrogens is 270 g/mol. The number of para-hydroxylation sites is 2. The molecule has 0 saturated carbocycles. The molecule has 0 radical (unpaired) electrons. The minimum absolute atomic E-state index is 0.0132. The number of hydrogen-bond donors (Lipinski definition) is 1. The third-order valence-electron chi connectivity index (χ3n) is 3.04. The van der Waals surface area contributed by atoms with Crippen LogP contribution in [0, 0.1) is 0 Å². The van der Waals surface area contributed by atoms with Crippen LogP contribution in [0.1, 0.15) is 24.3 Å². The van der Waals surface area contributed by atoms with E-state index in [9.17, 15) is 0 Å². The molecule has 0 aliphatic carbocycles. The fourth-order valence-corrected chi connectivity index (χ4v) is 2.20. The molecule has 106 valence electrons. The van der Waals surface area contributed by atoms with Crippen molar-refractivity contribution in [3.8, 4) is 5.75 Å². The molecule has 1 N–H and O–H groups in total. The summed E-state index contributed by atoms with van der Waals surface area (Å²) in [5, 5.41) is 3.43. The first-order valence-corrected chi connectivity index (χ1v) is 7.36. The summed E-state index contributed by atoms with van der Waals surface area (Å²) in [6.07, 6.45) is 0.944. The van der Waals surface area contributed by atoms with Crippen LogP contribution >= 0.6 is 11.6 Å². The second-order valence-corrected chi connectivity index (χ2v) is 5.30. The monoisotopic (exact) mass is 289 g/mol. The highest BCUT2D eigenvalue weighted by molar-refractivity contribution is 6.21. The van der Waals surface area contributed by atoms with Gasteiger partial charge in [0.15, 0.2) is 0 Å². The van der Waals surface area contributed by atoms with E-state index < -0.39 is 0 Å². The van der Waals surface area contributed by atoms with Gasteiger partial charge in [0, 0.05) is 12.2 Å². The van der Waals surface area contributed by atoms with Crippen molar-refractivity contribution in [1.29, 1.82) is 0 Å². The van der Waals surface area contributed by atoms with Crippen molar-refractivity contribution in [2.24, 2.45) is 0 Å². The molecular formula is C17H20ClNO. The van der Waals surface area contributed by atoms with E-state index in [2.05, 4.69) is 17.4 Å². The summed E-state index contributed by atoms with van der Waals surface area (Å²) in [4.78, 5) is 0. The molecule has 2 rings (SSSR count). The topological polar surface area (TPSA) is 21.3 Å². The van der Waals surface area contributed by atoms with Gasteiger partial charge in [-0.1, -0.05) is 36.4 Å². The third kappa shape index (κ3) is 4.46. The average Bonchev–Trinajstić information content (AvgIpc) is 2.48. The Morgan fingerprint density at radius 3 is 2.50 bits per heavy atom. The van der Waals surface area contributed by atoms with E-state index in [1.807, 2.05) is 49.4 Å². The molecule has 20 heavy (non-hydrogen) atoms. The highest BCUT2D eigenvalue weighted by atomic mass is 35.5. The quantitative estimate of drug-likeness (QED) is 0.580. The predicted octanol–water partition coefficient (Wildman–Crippen LogP) is 4.87. The summed E-state index contributed by atoms with van der Waals surface area (Å²) < 4.78 is 5.66. The van der Waals surface area contributed by atoms with Gasteiger partial charge >= 0.3 is 0 Å². The summed E-state index contributed by atoms with van der Waals surface area (Å²) in [6.45, 7) is 3.56. The maximum atomic E-state index is 6.16. The van der Waals surface area contributed by atoms with E-state index >= 15 is 0 Å². The first kappa shape index (κ1) is 14.7. The van der Waals surface area contributed by atoms with Crippen molar-refractivity contribution < 1.29 is 4.74 Å². The number of ether oxygens (including phenoxy) is 1. The molecule has 0 bridgehead atoms. The fraction of sp³-hybridized carbons (Fsp3) is 0.294. The Labute approximate surface area is 125 Å². The number of alkyl halides is 1. The highest BCUT2D eigenvalue weighted by Crippen LogP contribution is 2.26. The number of nitrogens with one attached hydrogen (secondary N) is 1. The summed E-state index contributed by atoms with van der Waals surface area (Å²) in [7, 11) is 0. The van der Waals surface area contributed by atoms with Crippen LogP contribution in [0.2, 0.25) is 0 Å². The Morgan fingerprint density at radius 1 is 1.05 bits per heavy atom. The smallest absolute Gasteiger partial charge is 0.119 e. The van der Waals surface area contributed by atoms with Gasteiger partial charge in [0.25, 0.3) is 0 Å². The van der Waals surface area contributed by atoms with Crippen molar-refractivity contribution in [2.75, 3.05) is 18.5 Å². The zero-order valence-corrected chi connectivity index (χ0v) is 12.4. The van der Waals surface area contributed by atoms with Gasteiger partial charge in [-0.05, 0) is 37.1 Å². The van der Waals surface area contributed by atoms with Gasteiger partial charge < -0.3 is 10.1 Å². The molecule has 2 aromatic carbocycles. The van der Waals surface area contributed by atoms with Crippen LogP contribution in [0.25, 0.3) is 0 Å². The minimum Gasteiger partial charge on any atom is -0.494 e. The normalized spacial score (nSPS) is 11.9. The summed E-state index contributed by atoms with van der Waals surface area (Å²) in [5.74, 6) is 0.919. The second-order valence-electron chi connectivity index (χ2n) is 4.65. The van der Waals surface area contributed by atoms with Crippen molar-refractivity contribution in [2.45, 2.75) is 18.7 Å². The van der Waals surface area contributed by atoms with E-state index in [0.29, 0.717) is 6.61 Å². The van der Waals surface area contributed by atoms with Gasteiger partial charge in [0.1, 0.15) is 5.75 Å². The van der Waals surface area contributed by atoms with Gasteiger partial charge in [-0.15, -0.1) is 11.6 Å². The molecule has 0 fully saturated rings. The molecule has 0 saturated heterocycles. The number of rotatable bonds is 7. The standard InChI is InChI=1S/C17H20ClNO/c1-14(18)16-10-5-6-11-17(16)19-12-7-13-20-15-8-3-2-4-9-15/h2-6,8-11,14,19H,7,12-13H2,1H3. The lowest BCUT2D eigenvalue weighted by Crippen LogP contribution is -2.08. The van der Waals surface area contributed by atoms with Gasteiger partial charge in [-0.2, -0.15) is 0 Å². The molecule has 1 unspecified atom stereocenters. The van der Waals surface area contributed by atoms with Gasteiger partial charge in [0.05, 0.1) is 12.0 Å². The van der Waals surface area contributed by atoms with Crippen LogP contribution in [0.15, 0.2) is 54.6 Å². The molecule has 0 heterocycles. The molecule has 2 aromatic rings. The van der Waals surface area contributed by atoms with Crippen LogP contribution in [-0.4, -0.2) is 13.2 Å². The molecule has 1 atom stereocenters. The average molecular weight is 290 g/mol. The molecule has 0 spiro atoms. The summed E-state index contributed by atoms with van der Waals surface area (Å²) in [5.41, 5.74) is 2.24. The van der Waals surface area contributed by atoms with Crippen LogP contribution in [0.5, 0.6) is 5.75 Å². The SMILES string of the molecule is CC(Cl)c1ccccc1NCCCOc1ccccc1. The lowest BCUT2D eigenvalue weighted by molar-refractivity contribution is 0.315. The number of anilines is 1. The molecule has 0 aliphatic heterocycles. The Hall–Kier alpha value is -1.67. The third-order valence-corrected chi connectivity index (χ3v) is 3.27. The zero-order chi connectivity index (χ0) is 14.2. The molecule has 0 aliphatic rings. The molecule has 0 amide bonds.